The van der Waals surface area contributed by atoms with Crippen molar-refractivity contribution < 1.29 is 0 Å². The van der Waals surface area contributed by atoms with Gasteiger partial charge in [-0.25, -0.2) is 0 Å². The molecule has 0 unspecified atom stereocenters. The number of rotatable bonds is 6. The third-order valence-electron chi connectivity index (χ3n) is 6.29. The summed E-state index contributed by atoms with van der Waals surface area (Å²) in [6.07, 6.45) is 12.8. The quantitative estimate of drug-likeness (QED) is 0.738. The zero-order chi connectivity index (χ0) is 14.5. The molecule has 2 fully saturated rings. The summed E-state index contributed by atoms with van der Waals surface area (Å²) < 4.78 is 0. The van der Waals surface area contributed by atoms with Crippen LogP contribution in [0.15, 0.2) is 0 Å². The van der Waals surface area contributed by atoms with Gasteiger partial charge in [0.05, 0.1) is 0 Å². The zero-order valence-corrected chi connectivity index (χ0v) is 14.1. The van der Waals surface area contributed by atoms with E-state index in [1.54, 1.807) is 0 Å². The fourth-order valence-corrected chi connectivity index (χ4v) is 4.71. The van der Waals surface area contributed by atoms with Crippen LogP contribution >= 0.6 is 0 Å². The van der Waals surface area contributed by atoms with Crippen LogP contribution in [0.1, 0.15) is 71.6 Å². The molecule has 118 valence electrons. The van der Waals surface area contributed by atoms with Gasteiger partial charge in [-0.3, -0.25) is 0 Å². The van der Waals surface area contributed by atoms with Gasteiger partial charge in [-0.15, -0.1) is 0 Å². The molecule has 0 amide bonds. The Morgan fingerprint density at radius 3 is 2.05 bits per heavy atom. The first-order valence-corrected chi connectivity index (χ1v) is 9.04. The minimum absolute atomic E-state index is 0.558. The highest BCUT2D eigenvalue weighted by Crippen LogP contribution is 2.41. The summed E-state index contributed by atoms with van der Waals surface area (Å²) in [6.45, 7) is 10.0. The van der Waals surface area contributed by atoms with E-state index in [1.807, 2.05) is 0 Å². The van der Waals surface area contributed by atoms with Crippen LogP contribution in [0.5, 0.6) is 0 Å². The maximum Gasteiger partial charge on any atom is 0.00504 e. The molecule has 2 aliphatic rings. The average molecular weight is 280 g/mol. The average Bonchev–Trinajstić information content (AvgIpc) is 2.73. The second kappa shape index (κ2) is 7.26. The lowest BCUT2D eigenvalue weighted by atomic mass is 9.79. The molecule has 1 saturated carbocycles. The molecule has 0 radical (unpaired) electrons. The smallest absolute Gasteiger partial charge is 0.00504 e. The number of nitrogens with one attached hydrogen (secondary N) is 1. The lowest BCUT2D eigenvalue weighted by Crippen LogP contribution is -2.43. The number of nitrogens with zero attached hydrogens (tertiary/aromatic N) is 1. The molecule has 0 aromatic carbocycles. The third kappa shape index (κ3) is 3.76. The normalized spacial score (nSPS) is 26.6. The predicted molar refractivity (Wildman–Crippen MR) is 88.1 cm³/mol. The Balaban J connectivity index is 1.98. The van der Waals surface area contributed by atoms with Gasteiger partial charge >= 0.3 is 0 Å². The molecule has 2 nitrogen and oxygen atoms in total. The van der Waals surface area contributed by atoms with Crippen molar-refractivity contribution in [2.45, 2.75) is 71.6 Å². The molecule has 1 aliphatic heterocycles. The van der Waals surface area contributed by atoms with E-state index in [9.17, 15) is 0 Å². The van der Waals surface area contributed by atoms with E-state index in [-0.39, 0.29) is 0 Å². The second-order valence-corrected chi connectivity index (χ2v) is 7.61. The van der Waals surface area contributed by atoms with Gasteiger partial charge in [-0.05, 0) is 56.5 Å². The van der Waals surface area contributed by atoms with Gasteiger partial charge in [0, 0.05) is 19.6 Å². The standard InChI is InChI=1S/C18H36N2/c1-4-17(5-2)12-13-20(15-17)16-18(14-19-3)10-8-6-7-9-11-18/h19H,4-16H2,1-3H3. The van der Waals surface area contributed by atoms with Crippen LogP contribution in [-0.4, -0.2) is 38.1 Å². The Hall–Kier alpha value is -0.0800. The highest BCUT2D eigenvalue weighted by Gasteiger charge is 2.39. The van der Waals surface area contributed by atoms with Crippen LogP contribution in [0.4, 0.5) is 0 Å². The lowest BCUT2D eigenvalue weighted by molar-refractivity contribution is 0.133. The molecule has 1 saturated heterocycles. The van der Waals surface area contributed by atoms with Crippen molar-refractivity contribution in [1.29, 1.82) is 0 Å². The van der Waals surface area contributed by atoms with E-state index in [4.69, 9.17) is 0 Å². The third-order valence-corrected chi connectivity index (χ3v) is 6.29. The fourth-order valence-electron chi connectivity index (χ4n) is 4.71. The molecular weight excluding hydrogens is 244 g/mol. The van der Waals surface area contributed by atoms with E-state index in [1.165, 1.54) is 84.0 Å². The molecule has 20 heavy (non-hydrogen) atoms. The highest BCUT2D eigenvalue weighted by molar-refractivity contribution is 4.93. The number of likely N-dealkylation sites (tertiary alicyclic amines) is 1. The molecular formula is C18H36N2. The van der Waals surface area contributed by atoms with Gasteiger partial charge in [-0.2, -0.15) is 0 Å². The monoisotopic (exact) mass is 280 g/mol. The largest absolute Gasteiger partial charge is 0.319 e. The summed E-state index contributed by atoms with van der Waals surface area (Å²) in [4.78, 5) is 2.80. The Morgan fingerprint density at radius 1 is 0.900 bits per heavy atom. The first-order valence-electron chi connectivity index (χ1n) is 9.04. The van der Waals surface area contributed by atoms with Gasteiger partial charge in [-0.1, -0.05) is 39.5 Å². The van der Waals surface area contributed by atoms with Crippen molar-refractivity contribution in [2.24, 2.45) is 10.8 Å². The molecule has 2 rings (SSSR count). The molecule has 1 heterocycles. The van der Waals surface area contributed by atoms with Crippen LogP contribution in [0, 0.1) is 10.8 Å². The number of hydrogen-bond acceptors (Lipinski definition) is 2. The fraction of sp³-hybridized carbons (Fsp3) is 1.00. The topological polar surface area (TPSA) is 15.3 Å². The minimum atomic E-state index is 0.558. The summed E-state index contributed by atoms with van der Waals surface area (Å²) in [5.74, 6) is 0. The summed E-state index contributed by atoms with van der Waals surface area (Å²) in [7, 11) is 2.14. The highest BCUT2D eigenvalue weighted by atomic mass is 15.2. The van der Waals surface area contributed by atoms with E-state index in [2.05, 4.69) is 31.1 Å². The summed E-state index contributed by atoms with van der Waals surface area (Å²) in [6, 6.07) is 0. The minimum Gasteiger partial charge on any atom is -0.319 e. The zero-order valence-electron chi connectivity index (χ0n) is 14.1. The van der Waals surface area contributed by atoms with Crippen molar-refractivity contribution in [2.75, 3.05) is 33.2 Å². The first-order chi connectivity index (χ1) is 9.67. The van der Waals surface area contributed by atoms with E-state index in [0.717, 1.165) is 0 Å². The van der Waals surface area contributed by atoms with E-state index in [0.29, 0.717) is 10.8 Å². The van der Waals surface area contributed by atoms with E-state index >= 15 is 0 Å². The van der Waals surface area contributed by atoms with Crippen LogP contribution in [0.3, 0.4) is 0 Å². The van der Waals surface area contributed by atoms with Crippen molar-refractivity contribution in [3.63, 3.8) is 0 Å². The summed E-state index contributed by atoms with van der Waals surface area (Å²) in [5.41, 5.74) is 1.19. The Bertz CT molecular complexity index is 275. The van der Waals surface area contributed by atoms with Crippen LogP contribution in [0.2, 0.25) is 0 Å². The summed E-state index contributed by atoms with van der Waals surface area (Å²) >= 11 is 0. The van der Waals surface area contributed by atoms with Crippen molar-refractivity contribution in [3.8, 4) is 0 Å². The second-order valence-electron chi connectivity index (χ2n) is 7.61. The van der Waals surface area contributed by atoms with Crippen molar-refractivity contribution in [1.82, 2.24) is 10.2 Å². The van der Waals surface area contributed by atoms with Crippen LogP contribution < -0.4 is 5.32 Å². The molecule has 0 bridgehead atoms. The Morgan fingerprint density at radius 2 is 1.55 bits per heavy atom. The van der Waals surface area contributed by atoms with Gasteiger partial charge in [0.25, 0.3) is 0 Å². The SMILES string of the molecule is CCC1(CC)CCN(CC2(CNC)CCCCCC2)C1. The van der Waals surface area contributed by atoms with Crippen LogP contribution in [-0.2, 0) is 0 Å². The van der Waals surface area contributed by atoms with Crippen molar-refractivity contribution >= 4 is 0 Å². The maximum absolute atomic E-state index is 3.50. The van der Waals surface area contributed by atoms with Crippen molar-refractivity contribution in [3.05, 3.63) is 0 Å². The molecule has 0 spiro atoms. The van der Waals surface area contributed by atoms with Crippen LogP contribution in [0.25, 0.3) is 0 Å². The van der Waals surface area contributed by atoms with Gasteiger partial charge in [0.1, 0.15) is 0 Å². The number of hydrogen-bond donors (Lipinski definition) is 1. The maximum atomic E-state index is 3.50. The van der Waals surface area contributed by atoms with Gasteiger partial charge in [0.2, 0.25) is 0 Å². The molecule has 1 aliphatic carbocycles. The molecule has 1 N–H and O–H groups in total. The van der Waals surface area contributed by atoms with Gasteiger partial charge in [0.15, 0.2) is 0 Å². The van der Waals surface area contributed by atoms with Gasteiger partial charge < -0.3 is 10.2 Å². The Labute approximate surface area is 126 Å². The predicted octanol–water partition coefficient (Wildman–Crippen LogP) is 4.06. The van der Waals surface area contributed by atoms with E-state index < -0.39 is 0 Å². The molecule has 2 heteroatoms. The first kappa shape index (κ1) is 16.3. The lowest BCUT2D eigenvalue weighted by Gasteiger charge is -2.37. The molecule has 0 aromatic rings. The molecule has 0 atom stereocenters. The summed E-state index contributed by atoms with van der Waals surface area (Å²) in [5, 5.41) is 3.50. The molecule has 0 aromatic heterocycles. The Kier molecular flexibility index (Phi) is 5.92.